The van der Waals surface area contributed by atoms with Crippen molar-refractivity contribution in [2.24, 2.45) is 0 Å². The van der Waals surface area contributed by atoms with Crippen LogP contribution in [0.2, 0.25) is 5.02 Å². The summed E-state index contributed by atoms with van der Waals surface area (Å²) in [6, 6.07) is 1.73. The number of rotatable bonds is 4. The molecule has 1 aliphatic carbocycles. The van der Waals surface area contributed by atoms with Crippen molar-refractivity contribution in [3.8, 4) is 11.5 Å². The van der Waals surface area contributed by atoms with Gasteiger partial charge in [-0.15, -0.1) is 0 Å². The van der Waals surface area contributed by atoms with E-state index in [4.69, 9.17) is 21.1 Å². The summed E-state index contributed by atoms with van der Waals surface area (Å²) in [7, 11) is 1.48. The van der Waals surface area contributed by atoms with Gasteiger partial charge >= 0.3 is 5.97 Å². The number of halogens is 1. The van der Waals surface area contributed by atoms with Gasteiger partial charge in [0, 0.05) is 0 Å². The van der Waals surface area contributed by atoms with Crippen LogP contribution in [-0.4, -0.2) is 24.8 Å². The Balaban J connectivity index is 2.54. The fourth-order valence-electron chi connectivity index (χ4n) is 2.25. The lowest BCUT2D eigenvalue weighted by atomic mass is 9.78. The van der Waals surface area contributed by atoms with Gasteiger partial charge in [0.05, 0.1) is 13.7 Å². The smallest absolute Gasteiger partial charge is 0.342 e. The molecule has 0 aliphatic heterocycles. The molecule has 1 N–H and O–H groups in total. The van der Waals surface area contributed by atoms with E-state index < -0.39 is 5.97 Å². The van der Waals surface area contributed by atoms with Crippen LogP contribution in [0.3, 0.4) is 0 Å². The number of carbonyl (C=O) groups is 1. The lowest BCUT2D eigenvalue weighted by Gasteiger charge is -2.28. The van der Waals surface area contributed by atoms with Gasteiger partial charge in [-0.25, -0.2) is 4.79 Å². The molecule has 0 bridgehead atoms. The molecule has 2 rings (SSSR count). The van der Waals surface area contributed by atoms with Crippen molar-refractivity contribution in [1.29, 1.82) is 0 Å². The number of ether oxygens (including phenoxy) is 2. The zero-order valence-corrected chi connectivity index (χ0v) is 11.8. The maximum atomic E-state index is 12.0. The lowest BCUT2D eigenvalue weighted by molar-refractivity contribution is 0.0520. The molecule has 1 aromatic rings. The molecule has 0 atom stereocenters. The van der Waals surface area contributed by atoms with E-state index in [-0.39, 0.29) is 28.9 Å². The molecule has 104 valence electrons. The topological polar surface area (TPSA) is 55.8 Å². The molecule has 0 heterocycles. The Bertz CT molecular complexity index is 495. The molecule has 1 aliphatic rings. The van der Waals surface area contributed by atoms with Crippen LogP contribution in [0.4, 0.5) is 0 Å². The Kier molecular flexibility index (Phi) is 4.20. The minimum absolute atomic E-state index is 0.0497. The quantitative estimate of drug-likeness (QED) is 0.860. The van der Waals surface area contributed by atoms with Gasteiger partial charge in [0.25, 0.3) is 0 Å². The zero-order valence-electron chi connectivity index (χ0n) is 11.0. The second-order valence-electron chi connectivity index (χ2n) is 4.55. The first kappa shape index (κ1) is 14.0. The number of carbonyl (C=O) groups excluding carboxylic acids is 1. The van der Waals surface area contributed by atoms with E-state index in [0.717, 1.165) is 24.8 Å². The van der Waals surface area contributed by atoms with Gasteiger partial charge in [-0.1, -0.05) is 18.0 Å². The Hall–Kier alpha value is -1.42. The van der Waals surface area contributed by atoms with E-state index in [9.17, 15) is 9.90 Å². The summed E-state index contributed by atoms with van der Waals surface area (Å²) in [4.78, 5) is 12.0. The molecule has 5 heteroatoms. The molecule has 0 radical (unpaired) electrons. The molecule has 1 saturated carbocycles. The Morgan fingerprint density at radius 3 is 2.68 bits per heavy atom. The highest BCUT2D eigenvalue weighted by molar-refractivity contribution is 6.34. The number of esters is 1. The number of phenols is 1. The zero-order chi connectivity index (χ0) is 14.0. The monoisotopic (exact) mass is 284 g/mol. The summed E-state index contributed by atoms with van der Waals surface area (Å²) >= 11 is 6.00. The normalized spacial score (nSPS) is 14.9. The summed E-state index contributed by atoms with van der Waals surface area (Å²) in [5.74, 6) is -0.140. The molecule has 0 saturated heterocycles. The van der Waals surface area contributed by atoms with E-state index in [1.165, 1.54) is 7.11 Å². The Labute approximate surface area is 117 Å². The summed E-state index contributed by atoms with van der Waals surface area (Å²) in [5, 5.41) is 10.2. The summed E-state index contributed by atoms with van der Waals surface area (Å²) < 4.78 is 10.1. The molecule has 4 nitrogen and oxygen atoms in total. The van der Waals surface area contributed by atoms with E-state index in [1.807, 2.05) is 0 Å². The first-order chi connectivity index (χ1) is 9.10. The van der Waals surface area contributed by atoms with Gasteiger partial charge in [0.15, 0.2) is 5.75 Å². The summed E-state index contributed by atoms with van der Waals surface area (Å²) in [6.07, 6.45) is 3.12. The number of phenolic OH excluding ortho intramolecular Hbond substituents is 1. The van der Waals surface area contributed by atoms with Crippen molar-refractivity contribution in [2.75, 3.05) is 13.7 Å². The average molecular weight is 285 g/mol. The lowest BCUT2D eigenvalue weighted by Crippen LogP contribution is -2.16. The number of benzene rings is 1. The van der Waals surface area contributed by atoms with Crippen molar-refractivity contribution in [3.05, 3.63) is 22.2 Å². The second-order valence-corrected chi connectivity index (χ2v) is 4.93. The van der Waals surface area contributed by atoms with Gasteiger partial charge in [-0.2, -0.15) is 0 Å². The molecule has 0 unspecified atom stereocenters. The molecule has 19 heavy (non-hydrogen) atoms. The highest BCUT2D eigenvalue weighted by Crippen LogP contribution is 2.46. The predicted molar refractivity (Wildman–Crippen MR) is 72.2 cm³/mol. The van der Waals surface area contributed by atoms with Crippen molar-refractivity contribution in [1.82, 2.24) is 0 Å². The van der Waals surface area contributed by atoms with Crippen molar-refractivity contribution in [3.63, 3.8) is 0 Å². The fraction of sp³-hybridized carbons (Fsp3) is 0.500. The van der Waals surface area contributed by atoms with Crippen LogP contribution < -0.4 is 4.74 Å². The van der Waals surface area contributed by atoms with Crippen LogP contribution in [0.5, 0.6) is 11.5 Å². The number of hydrogen-bond donors (Lipinski definition) is 1. The molecule has 1 fully saturated rings. The Morgan fingerprint density at radius 2 is 2.21 bits per heavy atom. The average Bonchev–Trinajstić information content (AvgIpc) is 2.31. The van der Waals surface area contributed by atoms with Gasteiger partial charge in [0.1, 0.15) is 16.3 Å². The van der Waals surface area contributed by atoms with Crippen LogP contribution in [0, 0.1) is 0 Å². The van der Waals surface area contributed by atoms with Crippen molar-refractivity contribution < 1.29 is 19.4 Å². The third-order valence-electron chi connectivity index (χ3n) is 3.48. The molecule has 0 amide bonds. The third-order valence-corrected chi connectivity index (χ3v) is 3.85. The standard InChI is InChI=1S/C14H17ClO4/c1-3-19-14(17)11-9(8-5-4-6-8)7-10(18-2)12(15)13(11)16/h7-8,16H,3-6H2,1-2H3. The maximum Gasteiger partial charge on any atom is 0.342 e. The van der Waals surface area contributed by atoms with Crippen LogP contribution in [-0.2, 0) is 4.74 Å². The molecule has 0 spiro atoms. The Morgan fingerprint density at radius 1 is 1.53 bits per heavy atom. The van der Waals surface area contributed by atoms with Crippen molar-refractivity contribution in [2.45, 2.75) is 32.1 Å². The summed E-state index contributed by atoms with van der Waals surface area (Å²) in [6.45, 7) is 1.98. The van der Waals surface area contributed by atoms with Crippen LogP contribution in [0.25, 0.3) is 0 Å². The minimum Gasteiger partial charge on any atom is -0.505 e. The number of methoxy groups -OCH3 is 1. The maximum absolute atomic E-state index is 12.0. The molecule has 0 aromatic heterocycles. The fourth-order valence-corrected chi connectivity index (χ4v) is 2.47. The van der Waals surface area contributed by atoms with E-state index in [2.05, 4.69) is 0 Å². The highest BCUT2D eigenvalue weighted by Gasteiger charge is 2.30. The van der Waals surface area contributed by atoms with Crippen LogP contribution >= 0.6 is 11.6 Å². The van der Waals surface area contributed by atoms with E-state index in [0.29, 0.717) is 5.75 Å². The second kappa shape index (κ2) is 5.70. The SMILES string of the molecule is CCOC(=O)c1c(C2CCC2)cc(OC)c(Cl)c1O. The largest absolute Gasteiger partial charge is 0.505 e. The number of hydrogen-bond acceptors (Lipinski definition) is 4. The van der Waals surface area contributed by atoms with Crippen molar-refractivity contribution >= 4 is 17.6 Å². The first-order valence-electron chi connectivity index (χ1n) is 6.36. The van der Waals surface area contributed by atoms with Gasteiger partial charge in [0.2, 0.25) is 0 Å². The van der Waals surface area contributed by atoms with Crippen LogP contribution in [0.1, 0.15) is 48.0 Å². The first-order valence-corrected chi connectivity index (χ1v) is 6.74. The van der Waals surface area contributed by atoms with Gasteiger partial charge < -0.3 is 14.6 Å². The molecular formula is C14H17ClO4. The minimum atomic E-state index is -0.536. The van der Waals surface area contributed by atoms with E-state index in [1.54, 1.807) is 13.0 Å². The summed E-state index contributed by atoms with van der Waals surface area (Å²) in [5.41, 5.74) is 0.945. The number of aromatic hydroxyl groups is 1. The van der Waals surface area contributed by atoms with Crippen LogP contribution in [0.15, 0.2) is 6.07 Å². The van der Waals surface area contributed by atoms with Gasteiger partial charge in [-0.05, 0) is 37.3 Å². The predicted octanol–water partition coefficient (Wildman–Crippen LogP) is 3.50. The molecular weight excluding hydrogens is 268 g/mol. The van der Waals surface area contributed by atoms with Gasteiger partial charge in [-0.3, -0.25) is 0 Å². The third kappa shape index (κ3) is 2.50. The highest BCUT2D eigenvalue weighted by atomic mass is 35.5. The molecule has 1 aromatic carbocycles. The van der Waals surface area contributed by atoms with E-state index >= 15 is 0 Å².